The van der Waals surface area contributed by atoms with Crippen molar-refractivity contribution < 1.29 is 30.0 Å². The molecule has 0 amide bonds. The number of aromatic nitrogens is 3. The standard InChI is InChI=1S/C6H5N3.C6H5.C5H8O2.Ir/c1-2-4-6-5(3-1)7-9-8-6;1-2-4-6-5-3-1;1-4(6)3-5(2)7;/h1-4H,(H,7,8,9);1-5H;3,6H,1-2H3;/q;-1;;. The molecule has 0 aliphatic carbocycles. The summed E-state index contributed by atoms with van der Waals surface area (Å²) in [5.74, 6) is -0.0625. The molecule has 1 heterocycles. The molecule has 0 saturated carbocycles. The predicted octanol–water partition coefficient (Wildman–Crippen LogP) is 3.48. The fourth-order valence-corrected chi connectivity index (χ4v) is 1.42. The zero-order valence-corrected chi connectivity index (χ0v) is 15.3. The van der Waals surface area contributed by atoms with Crippen molar-refractivity contribution in [2.75, 3.05) is 0 Å². The number of H-pyrrole nitrogens is 1. The number of allylic oxidation sites excluding steroid dienone is 2. The van der Waals surface area contributed by atoms with Gasteiger partial charge >= 0.3 is 0 Å². The van der Waals surface area contributed by atoms with Gasteiger partial charge in [-0.25, -0.2) is 0 Å². The van der Waals surface area contributed by atoms with Crippen LogP contribution in [0.1, 0.15) is 13.8 Å². The third-order valence-corrected chi connectivity index (χ3v) is 2.24. The second-order valence-electron chi connectivity index (χ2n) is 4.29. The number of carbonyl (C=O) groups is 1. The van der Waals surface area contributed by atoms with E-state index >= 15 is 0 Å². The minimum atomic E-state index is -0.125. The van der Waals surface area contributed by atoms with E-state index in [1.165, 1.54) is 19.9 Å². The van der Waals surface area contributed by atoms with Crippen LogP contribution in [-0.2, 0) is 24.9 Å². The third-order valence-electron chi connectivity index (χ3n) is 2.24. The van der Waals surface area contributed by atoms with Crippen molar-refractivity contribution in [2.45, 2.75) is 13.8 Å². The molecule has 123 valence electrons. The Labute approximate surface area is 148 Å². The summed E-state index contributed by atoms with van der Waals surface area (Å²) in [6, 6.07) is 20.2. The summed E-state index contributed by atoms with van der Waals surface area (Å²) >= 11 is 0. The summed E-state index contributed by atoms with van der Waals surface area (Å²) in [7, 11) is 0. The summed E-state index contributed by atoms with van der Waals surface area (Å²) in [5.41, 5.74) is 1.83. The maximum atomic E-state index is 10.0. The van der Waals surface area contributed by atoms with E-state index in [0.29, 0.717) is 0 Å². The van der Waals surface area contributed by atoms with Gasteiger partial charge in [0, 0.05) is 26.2 Å². The van der Waals surface area contributed by atoms with Gasteiger partial charge in [-0.1, -0.05) is 12.1 Å². The Morgan fingerprint density at radius 3 is 1.83 bits per heavy atom. The van der Waals surface area contributed by atoms with E-state index in [2.05, 4.69) is 21.5 Å². The van der Waals surface area contributed by atoms with E-state index in [0.717, 1.165) is 11.0 Å². The van der Waals surface area contributed by atoms with Crippen LogP contribution in [0.2, 0.25) is 0 Å². The normalized spacial score (nSPS) is 9.57. The molecular formula is C17H18IrN3O2-. The predicted molar refractivity (Wildman–Crippen MR) is 86.2 cm³/mol. The Bertz CT molecular complexity index is 651. The molecule has 1 aromatic heterocycles. The smallest absolute Gasteiger partial charge is 0.155 e. The van der Waals surface area contributed by atoms with Crippen LogP contribution in [0.5, 0.6) is 0 Å². The molecule has 5 nitrogen and oxygen atoms in total. The number of rotatable bonds is 1. The van der Waals surface area contributed by atoms with Crippen molar-refractivity contribution in [1.29, 1.82) is 0 Å². The number of fused-ring (bicyclic) bond motifs is 1. The van der Waals surface area contributed by atoms with Crippen LogP contribution in [0.4, 0.5) is 0 Å². The fraction of sp³-hybridized carbons (Fsp3) is 0.118. The zero-order valence-electron chi connectivity index (χ0n) is 12.9. The van der Waals surface area contributed by atoms with Crippen molar-refractivity contribution in [1.82, 2.24) is 15.4 Å². The van der Waals surface area contributed by atoms with E-state index < -0.39 is 0 Å². The number of hydrogen-bond donors (Lipinski definition) is 2. The van der Waals surface area contributed by atoms with Gasteiger partial charge in [0.15, 0.2) is 5.78 Å². The van der Waals surface area contributed by atoms with E-state index in [1.807, 2.05) is 54.6 Å². The molecule has 6 heteroatoms. The topological polar surface area (TPSA) is 78.9 Å². The molecule has 0 saturated heterocycles. The summed E-state index contributed by atoms with van der Waals surface area (Å²) in [6.45, 7) is 2.85. The largest absolute Gasteiger partial charge is 0.512 e. The second kappa shape index (κ2) is 12.3. The van der Waals surface area contributed by atoms with Gasteiger partial charge in [-0.05, 0) is 26.0 Å². The molecule has 0 bridgehead atoms. The number of carbonyl (C=O) groups excluding carboxylic acids is 1. The van der Waals surface area contributed by atoms with Crippen LogP contribution in [-0.4, -0.2) is 26.3 Å². The van der Waals surface area contributed by atoms with E-state index in [1.54, 1.807) is 0 Å². The van der Waals surface area contributed by atoms with Gasteiger partial charge in [-0.2, -0.15) is 51.8 Å². The number of nitrogens with one attached hydrogen (secondary N) is 1. The number of hydrogen-bond acceptors (Lipinski definition) is 4. The van der Waals surface area contributed by atoms with Crippen molar-refractivity contribution in [2.24, 2.45) is 0 Å². The first kappa shape index (κ1) is 20.7. The van der Waals surface area contributed by atoms with Crippen LogP contribution in [0.15, 0.2) is 66.4 Å². The van der Waals surface area contributed by atoms with E-state index in [9.17, 15) is 4.79 Å². The minimum Gasteiger partial charge on any atom is -0.512 e. The van der Waals surface area contributed by atoms with Crippen LogP contribution < -0.4 is 0 Å². The molecule has 2 N–H and O–H groups in total. The third kappa shape index (κ3) is 10.1. The average molecular weight is 489 g/mol. The van der Waals surface area contributed by atoms with Gasteiger partial charge in [-0.15, -0.1) is 0 Å². The van der Waals surface area contributed by atoms with Crippen LogP contribution in [0, 0.1) is 6.07 Å². The number of aliphatic hydroxyl groups excluding tert-OH is 1. The first-order chi connectivity index (χ1) is 10.6. The first-order valence-corrected chi connectivity index (χ1v) is 6.64. The fourth-order valence-electron chi connectivity index (χ4n) is 1.42. The maximum Gasteiger partial charge on any atom is 0.155 e. The number of benzene rings is 2. The maximum absolute atomic E-state index is 10.0. The van der Waals surface area contributed by atoms with Gasteiger partial charge in [0.1, 0.15) is 11.0 Å². The number of aromatic amines is 1. The Morgan fingerprint density at radius 2 is 1.57 bits per heavy atom. The molecule has 3 aromatic rings. The first-order valence-electron chi connectivity index (χ1n) is 6.64. The monoisotopic (exact) mass is 489 g/mol. The zero-order chi connectivity index (χ0) is 16.2. The molecule has 0 spiro atoms. The molecule has 0 aliphatic heterocycles. The summed E-state index contributed by atoms with van der Waals surface area (Å²) in [6.07, 6.45) is 1.17. The molecule has 3 rings (SSSR count). The van der Waals surface area contributed by atoms with Crippen molar-refractivity contribution >= 4 is 16.8 Å². The molecule has 23 heavy (non-hydrogen) atoms. The van der Waals surface area contributed by atoms with Crippen LogP contribution >= 0.6 is 0 Å². The molecule has 1 radical (unpaired) electrons. The summed E-state index contributed by atoms with van der Waals surface area (Å²) in [4.78, 5) is 10.0. The number of ketones is 1. The Hall–Kier alpha value is -2.30. The Morgan fingerprint density at radius 1 is 1.04 bits per heavy atom. The van der Waals surface area contributed by atoms with E-state index in [4.69, 9.17) is 5.11 Å². The van der Waals surface area contributed by atoms with Crippen LogP contribution in [0.25, 0.3) is 11.0 Å². The SMILES string of the molecule is CC(=O)C=C(C)O.[Ir].[c-]1ccccc1.c1ccc2n[nH]nc2c1. The molecular weight excluding hydrogens is 470 g/mol. The Balaban J connectivity index is 0.000000317. The Kier molecular flexibility index (Phi) is 11.0. The van der Waals surface area contributed by atoms with Crippen molar-refractivity contribution in [3.63, 3.8) is 0 Å². The number of aliphatic hydroxyl groups is 1. The van der Waals surface area contributed by atoms with Crippen LogP contribution in [0.3, 0.4) is 0 Å². The molecule has 0 atom stereocenters. The molecule has 0 aliphatic rings. The van der Waals surface area contributed by atoms with Gasteiger partial charge in [0.2, 0.25) is 0 Å². The van der Waals surface area contributed by atoms with Gasteiger partial charge in [0.05, 0.1) is 5.76 Å². The average Bonchev–Trinajstić information content (AvgIpc) is 2.97. The van der Waals surface area contributed by atoms with Crippen molar-refractivity contribution in [3.8, 4) is 0 Å². The summed E-state index contributed by atoms with van der Waals surface area (Å²) in [5, 5.41) is 18.7. The van der Waals surface area contributed by atoms with Gasteiger partial charge < -0.3 is 5.11 Å². The quantitative estimate of drug-likeness (QED) is 0.312. The van der Waals surface area contributed by atoms with Gasteiger partial charge in [-0.3, -0.25) is 4.79 Å². The molecule has 0 fully saturated rings. The van der Waals surface area contributed by atoms with Crippen molar-refractivity contribution in [3.05, 3.63) is 72.5 Å². The number of nitrogens with zero attached hydrogens (tertiary/aromatic N) is 2. The van der Waals surface area contributed by atoms with Gasteiger partial charge in [0.25, 0.3) is 0 Å². The second-order valence-corrected chi connectivity index (χ2v) is 4.29. The van der Waals surface area contributed by atoms with E-state index in [-0.39, 0.29) is 31.6 Å². The molecule has 2 aromatic carbocycles. The molecule has 0 unspecified atom stereocenters. The minimum absolute atomic E-state index is 0. The number of para-hydroxylation sites is 2. The summed E-state index contributed by atoms with van der Waals surface area (Å²) < 4.78 is 0.